The lowest BCUT2D eigenvalue weighted by Crippen LogP contribution is -1.98. The number of hydrogen-bond donors (Lipinski definition) is 0. The molecule has 2 atom stereocenters. The zero-order valence-electron chi connectivity index (χ0n) is 6.36. The van der Waals surface area contributed by atoms with Crippen molar-refractivity contribution < 1.29 is 0 Å². The van der Waals surface area contributed by atoms with Crippen LogP contribution < -0.4 is 0 Å². The molecule has 0 amide bonds. The standard InChI is InChI=1S/C7H17P/c1-6(2)5-7(3)8-4/h6-8H,5H2,1-4H3. The fraction of sp³-hybridized carbons (Fsp3) is 1.00. The van der Waals surface area contributed by atoms with Crippen LogP contribution in [0, 0.1) is 5.92 Å². The highest BCUT2D eigenvalue weighted by Gasteiger charge is 1.99. The molecule has 0 fully saturated rings. The Morgan fingerprint density at radius 1 is 1.25 bits per heavy atom. The summed E-state index contributed by atoms with van der Waals surface area (Å²) in [4.78, 5) is 0. The first-order valence-corrected chi connectivity index (χ1v) is 4.91. The normalized spacial score (nSPS) is 16.1. The van der Waals surface area contributed by atoms with Gasteiger partial charge >= 0.3 is 0 Å². The second-order valence-electron chi connectivity index (χ2n) is 2.82. The lowest BCUT2D eigenvalue weighted by atomic mass is 10.1. The fourth-order valence-corrected chi connectivity index (χ4v) is 1.53. The summed E-state index contributed by atoms with van der Waals surface area (Å²) in [6.07, 6.45) is 1.40. The minimum Gasteiger partial charge on any atom is -0.122 e. The topological polar surface area (TPSA) is 0 Å². The maximum Gasteiger partial charge on any atom is -0.0265 e. The van der Waals surface area contributed by atoms with Crippen molar-refractivity contribution >= 4 is 8.58 Å². The van der Waals surface area contributed by atoms with Gasteiger partial charge in [-0.2, -0.15) is 0 Å². The molecular formula is C7H17P. The predicted octanol–water partition coefficient (Wildman–Crippen LogP) is 2.73. The highest BCUT2D eigenvalue weighted by atomic mass is 31.1. The molecule has 0 saturated carbocycles. The summed E-state index contributed by atoms with van der Waals surface area (Å²) in [5.41, 5.74) is 0.954. The van der Waals surface area contributed by atoms with Gasteiger partial charge in [-0.05, 0) is 24.7 Å². The maximum atomic E-state index is 2.33. The predicted molar refractivity (Wildman–Crippen MR) is 43.2 cm³/mol. The minimum absolute atomic E-state index is 0.887. The summed E-state index contributed by atoms with van der Waals surface area (Å²) in [5.74, 6) is 0.887. The molecule has 0 aromatic heterocycles. The average Bonchev–Trinajstić information content (AvgIpc) is 1.65. The lowest BCUT2D eigenvalue weighted by molar-refractivity contribution is 0.583. The second-order valence-corrected chi connectivity index (χ2v) is 4.38. The van der Waals surface area contributed by atoms with Gasteiger partial charge in [0.05, 0.1) is 0 Å². The van der Waals surface area contributed by atoms with Crippen molar-refractivity contribution in [1.82, 2.24) is 0 Å². The third-order valence-corrected chi connectivity index (χ3v) is 2.54. The smallest absolute Gasteiger partial charge is 0.0265 e. The van der Waals surface area contributed by atoms with Gasteiger partial charge in [0.2, 0.25) is 0 Å². The van der Waals surface area contributed by atoms with Crippen molar-refractivity contribution in [1.29, 1.82) is 0 Å². The molecule has 0 heterocycles. The third-order valence-electron chi connectivity index (χ3n) is 1.32. The van der Waals surface area contributed by atoms with E-state index >= 15 is 0 Å². The van der Waals surface area contributed by atoms with Crippen molar-refractivity contribution in [2.75, 3.05) is 6.66 Å². The molecule has 0 aliphatic heterocycles. The van der Waals surface area contributed by atoms with E-state index in [1.165, 1.54) is 6.42 Å². The largest absolute Gasteiger partial charge is 0.122 e. The fourth-order valence-electron chi connectivity index (χ4n) is 0.825. The number of rotatable bonds is 3. The molecular weight excluding hydrogens is 115 g/mol. The van der Waals surface area contributed by atoms with E-state index in [9.17, 15) is 0 Å². The zero-order valence-corrected chi connectivity index (χ0v) is 7.36. The Morgan fingerprint density at radius 3 is 1.88 bits per heavy atom. The van der Waals surface area contributed by atoms with Crippen molar-refractivity contribution in [3.05, 3.63) is 0 Å². The van der Waals surface area contributed by atoms with Crippen molar-refractivity contribution in [2.24, 2.45) is 5.92 Å². The van der Waals surface area contributed by atoms with Crippen LogP contribution >= 0.6 is 8.58 Å². The van der Waals surface area contributed by atoms with E-state index in [-0.39, 0.29) is 0 Å². The Bertz CT molecular complexity index is 50.3. The molecule has 0 aliphatic rings. The second kappa shape index (κ2) is 4.32. The third kappa shape index (κ3) is 4.59. The van der Waals surface area contributed by atoms with Crippen molar-refractivity contribution in [3.63, 3.8) is 0 Å². The molecule has 0 N–H and O–H groups in total. The Hall–Kier alpha value is 0.430. The molecule has 0 aromatic carbocycles. The van der Waals surface area contributed by atoms with Crippen LogP contribution in [0.25, 0.3) is 0 Å². The summed E-state index contributed by atoms with van der Waals surface area (Å²) >= 11 is 0. The molecule has 0 aromatic rings. The van der Waals surface area contributed by atoms with Gasteiger partial charge in [-0.3, -0.25) is 0 Å². The quantitative estimate of drug-likeness (QED) is 0.518. The molecule has 1 heteroatoms. The molecule has 0 aliphatic carbocycles. The van der Waals surface area contributed by atoms with Gasteiger partial charge < -0.3 is 0 Å². The summed E-state index contributed by atoms with van der Waals surface area (Å²) in [5, 5.41) is 0. The van der Waals surface area contributed by atoms with Crippen LogP contribution in [0.3, 0.4) is 0 Å². The van der Waals surface area contributed by atoms with Crippen molar-refractivity contribution in [2.45, 2.75) is 32.9 Å². The van der Waals surface area contributed by atoms with Gasteiger partial charge in [-0.1, -0.05) is 20.8 Å². The zero-order chi connectivity index (χ0) is 6.57. The van der Waals surface area contributed by atoms with Gasteiger partial charge in [0.15, 0.2) is 0 Å². The van der Waals surface area contributed by atoms with Crippen LogP contribution in [-0.4, -0.2) is 12.3 Å². The summed E-state index contributed by atoms with van der Waals surface area (Å²) in [6.45, 7) is 9.19. The average molecular weight is 132 g/mol. The van der Waals surface area contributed by atoms with Crippen LogP contribution in [0.1, 0.15) is 27.2 Å². The van der Waals surface area contributed by atoms with E-state index in [1.54, 1.807) is 0 Å². The first-order chi connectivity index (χ1) is 3.66. The molecule has 0 radical (unpaired) electrons. The summed E-state index contributed by atoms with van der Waals surface area (Å²) < 4.78 is 0. The molecule has 8 heavy (non-hydrogen) atoms. The minimum atomic E-state index is 0.887. The Balaban J connectivity index is 3.10. The van der Waals surface area contributed by atoms with Gasteiger partial charge in [-0.25, -0.2) is 0 Å². The molecule has 0 bridgehead atoms. The molecule has 0 nitrogen and oxygen atoms in total. The van der Waals surface area contributed by atoms with Crippen LogP contribution in [-0.2, 0) is 0 Å². The van der Waals surface area contributed by atoms with Gasteiger partial charge in [0, 0.05) is 0 Å². The Labute approximate surface area is 54.8 Å². The molecule has 0 spiro atoms. The Morgan fingerprint density at radius 2 is 1.75 bits per heavy atom. The summed E-state index contributed by atoms with van der Waals surface area (Å²) in [7, 11) is 1.12. The number of hydrogen-bond acceptors (Lipinski definition) is 0. The van der Waals surface area contributed by atoms with Crippen molar-refractivity contribution in [3.8, 4) is 0 Å². The van der Waals surface area contributed by atoms with E-state index in [2.05, 4.69) is 27.4 Å². The maximum absolute atomic E-state index is 2.33. The van der Waals surface area contributed by atoms with E-state index in [1.807, 2.05) is 0 Å². The van der Waals surface area contributed by atoms with Gasteiger partial charge in [0.1, 0.15) is 0 Å². The van der Waals surface area contributed by atoms with Gasteiger partial charge in [-0.15, -0.1) is 8.58 Å². The first-order valence-electron chi connectivity index (χ1n) is 3.34. The van der Waals surface area contributed by atoms with Crippen LogP contribution in [0.4, 0.5) is 0 Å². The van der Waals surface area contributed by atoms with Crippen LogP contribution in [0.15, 0.2) is 0 Å². The monoisotopic (exact) mass is 132 g/mol. The van der Waals surface area contributed by atoms with E-state index in [4.69, 9.17) is 0 Å². The first kappa shape index (κ1) is 8.43. The highest BCUT2D eigenvalue weighted by Crippen LogP contribution is 2.20. The van der Waals surface area contributed by atoms with Gasteiger partial charge in [0.25, 0.3) is 0 Å². The molecule has 2 unspecified atom stereocenters. The van der Waals surface area contributed by atoms with Crippen LogP contribution in [0.2, 0.25) is 0 Å². The SMILES string of the molecule is CPC(C)CC(C)C. The lowest BCUT2D eigenvalue weighted by Gasteiger charge is -2.09. The van der Waals surface area contributed by atoms with E-state index in [0.29, 0.717) is 0 Å². The summed E-state index contributed by atoms with van der Waals surface area (Å²) in [6, 6.07) is 0. The van der Waals surface area contributed by atoms with E-state index < -0.39 is 0 Å². The Kier molecular flexibility index (Phi) is 4.56. The van der Waals surface area contributed by atoms with E-state index in [0.717, 1.165) is 20.2 Å². The molecule has 0 rings (SSSR count). The van der Waals surface area contributed by atoms with Crippen LogP contribution in [0.5, 0.6) is 0 Å². The molecule has 50 valence electrons. The highest BCUT2D eigenvalue weighted by molar-refractivity contribution is 7.37. The molecule has 0 saturated heterocycles.